The van der Waals surface area contributed by atoms with Gasteiger partial charge in [0.2, 0.25) is 0 Å². The van der Waals surface area contributed by atoms with Crippen LogP contribution in [0.5, 0.6) is 0 Å². The van der Waals surface area contributed by atoms with E-state index < -0.39 is 4.92 Å². The third-order valence-electron chi connectivity index (χ3n) is 2.89. The van der Waals surface area contributed by atoms with E-state index in [1.807, 2.05) is 0 Å². The second-order valence-corrected chi connectivity index (χ2v) is 5.24. The number of hydrogen-bond acceptors (Lipinski definition) is 4. The number of nitro benzene ring substituents is 1. The van der Waals surface area contributed by atoms with Crippen molar-refractivity contribution in [3.05, 3.63) is 38.3 Å². The molecular formula is C13H19BrN2O3. The Morgan fingerprint density at radius 3 is 2.68 bits per heavy atom. The van der Waals surface area contributed by atoms with Crippen molar-refractivity contribution in [2.24, 2.45) is 0 Å². The fourth-order valence-electron chi connectivity index (χ4n) is 1.81. The summed E-state index contributed by atoms with van der Waals surface area (Å²) in [6.45, 7) is 4.45. The van der Waals surface area contributed by atoms with Gasteiger partial charge in [0.15, 0.2) is 0 Å². The van der Waals surface area contributed by atoms with E-state index in [4.69, 9.17) is 5.11 Å². The molecule has 0 unspecified atom stereocenters. The van der Waals surface area contributed by atoms with Crippen LogP contribution in [0, 0.1) is 10.1 Å². The van der Waals surface area contributed by atoms with Crippen LogP contribution in [-0.4, -0.2) is 34.6 Å². The normalized spacial score (nSPS) is 10.9. The Labute approximate surface area is 121 Å². The van der Waals surface area contributed by atoms with Crippen molar-refractivity contribution in [2.45, 2.75) is 26.3 Å². The number of halogens is 1. The molecule has 1 aromatic rings. The van der Waals surface area contributed by atoms with Gasteiger partial charge in [-0.25, -0.2) is 0 Å². The molecule has 0 aliphatic heterocycles. The first kappa shape index (κ1) is 16.1. The van der Waals surface area contributed by atoms with Crippen molar-refractivity contribution in [1.29, 1.82) is 0 Å². The van der Waals surface area contributed by atoms with Crippen LogP contribution in [0.3, 0.4) is 0 Å². The van der Waals surface area contributed by atoms with E-state index in [-0.39, 0.29) is 12.3 Å². The number of unbranched alkanes of at least 4 members (excludes halogenated alkanes) is 1. The minimum absolute atomic E-state index is 0.0814. The summed E-state index contributed by atoms with van der Waals surface area (Å²) >= 11 is 3.37. The lowest BCUT2D eigenvalue weighted by Crippen LogP contribution is -2.27. The Hall–Kier alpha value is -0.980. The molecule has 1 N–H and O–H groups in total. The van der Waals surface area contributed by atoms with Crippen molar-refractivity contribution < 1.29 is 10.0 Å². The van der Waals surface area contributed by atoms with Gasteiger partial charge in [0.25, 0.3) is 5.69 Å². The zero-order valence-electron chi connectivity index (χ0n) is 11.0. The number of non-ortho nitro benzene ring substituents is 1. The average molecular weight is 331 g/mol. The molecule has 0 radical (unpaired) electrons. The van der Waals surface area contributed by atoms with E-state index in [0.717, 1.165) is 29.4 Å². The maximum Gasteiger partial charge on any atom is 0.270 e. The SMILES string of the molecule is CCCCN(CCO)Cc1ccc([N+](=O)[O-])cc1Br. The van der Waals surface area contributed by atoms with E-state index in [1.165, 1.54) is 12.1 Å². The highest BCUT2D eigenvalue weighted by Gasteiger charge is 2.12. The van der Waals surface area contributed by atoms with E-state index in [9.17, 15) is 10.1 Å². The molecular weight excluding hydrogens is 312 g/mol. The molecule has 106 valence electrons. The van der Waals surface area contributed by atoms with Crippen molar-refractivity contribution in [1.82, 2.24) is 4.90 Å². The van der Waals surface area contributed by atoms with Gasteiger partial charge in [0, 0.05) is 29.7 Å². The second kappa shape index (κ2) is 8.24. The number of hydrogen-bond donors (Lipinski definition) is 1. The molecule has 0 spiro atoms. The zero-order chi connectivity index (χ0) is 14.3. The van der Waals surface area contributed by atoms with Gasteiger partial charge in [0.05, 0.1) is 11.5 Å². The summed E-state index contributed by atoms with van der Waals surface area (Å²) in [6, 6.07) is 4.79. The Kier molecular flexibility index (Phi) is 6.97. The fourth-order valence-corrected chi connectivity index (χ4v) is 2.30. The summed E-state index contributed by atoms with van der Waals surface area (Å²) in [7, 11) is 0. The van der Waals surface area contributed by atoms with Crippen molar-refractivity contribution in [2.75, 3.05) is 19.7 Å². The average Bonchev–Trinajstić information content (AvgIpc) is 2.38. The van der Waals surface area contributed by atoms with Gasteiger partial charge in [-0.1, -0.05) is 29.3 Å². The number of nitrogens with zero attached hydrogens (tertiary/aromatic N) is 2. The third-order valence-corrected chi connectivity index (χ3v) is 3.62. The van der Waals surface area contributed by atoms with Crippen molar-refractivity contribution in [3.63, 3.8) is 0 Å². The van der Waals surface area contributed by atoms with E-state index in [0.29, 0.717) is 13.1 Å². The molecule has 0 atom stereocenters. The summed E-state index contributed by atoms with van der Waals surface area (Å²) in [5, 5.41) is 19.7. The van der Waals surface area contributed by atoms with Gasteiger partial charge >= 0.3 is 0 Å². The highest BCUT2D eigenvalue weighted by atomic mass is 79.9. The maximum atomic E-state index is 10.7. The van der Waals surface area contributed by atoms with E-state index >= 15 is 0 Å². The van der Waals surface area contributed by atoms with Gasteiger partial charge in [-0.3, -0.25) is 15.0 Å². The predicted octanol–water partition coefficient (Wildman–Crippen LogP) is 2.95. The third kappa shape index (κ3) is 5.26. The van der Waals surface area contributed by atoms with Crippen LogP contribution in [0.25, 0.3) is 0 Å². The van der Waals surface area contributed by atoms with Crippen LogP contribution in [0.4, 0.5) is 5.69 Å². The second-order valence-electron chi connectivity index (χ2n) is 4.39. The lowest BCUT2D eigenvalue weighted by molar-refractivity contribution is -0.384. The molecule has 19 heavy (non-hydrogen) atoms. The van der Waals surface area contributed by atoms with Crippen LogP contribution in [0.2, 0.25) is 0 Å². The number of benzene rings is 1. The van der Waals surface area contributed by atoms with Crippen LogP contribution >= 0.6 is 15.9 Å². The van der Waals surface area contributed by atoms with E-state index in [2.05, 4.69) is 27.8 Å². The molecule has 1 aromatic carbocycles. The van der Waals surface area contributed by atoms with Gasteiger partial charge in [-0.15, -0.1) is 0 Å². The Balaban J connectivity index is 2.75. The van der Waals surface area contributed by atoms with Crippen LogP contribution in [0.1, 0.15) is 25.3 Å². The highest BCUT2D eigenvalue weighted by molar-refractivity contribution is 9.10. The van der Waals surface area contributed by atoms with Gasteiger partial charge in [-0.05, 0) is 24.6 Å². The predicted molar refractivity (Wildman–Crippen MR) is 78.1 cm³/mol. The summed E-state index contributed by atoms with van der Waals surface area (Å²) in [5.41, 5.74) is 1.08. The first-order valence-corrected chi connectivity index (χ1v) is 7.13. The monoisotopic (exact) mass is 330 g/mol. The van der Waals surface area contributed by atoms with Gasteiger partial charge in [0.1, 0.15) is 0 Å². The van der Waals surface area contributed by atoms with Gasteiger partial charge < -0.3 is 5.11 Å². The summed E-state index contributed by atoms with van der Waals surface area (Å²) in [5.74, 6) is 0. The standard InChI is InChI=1S/C13H19BrN2O3/c1-2-3-6-15(7-8-17)10-11-4-5-12(16(18)19)9-13(11)14/h4-5,9,17H,2-3,6-8,10H2,1H3. The molecule has 0 aromatic heterocycles. The number of aliphatic hydroxyl groups is 1. The van der Waals surface area contributed by atoms with Crippen molar-refractivity contribution in [3.8, 4) is 0 Å². The lowest BCUT2D eigenvalue weighted by Gasteiger charge is -2.21. The van der Waals surface area contributed by atoms with Gasteiger partial charge in [-0.2, -0.15) is 0 Å². The fraction of sp³-hybridized carbons (Fsp3) is 0.538. The lowest BCUT2D eigenvalue weighted by atomic mass is 10.2. The largest absolute Gasteiger partial charge is 0.395 e. The molecule has 0 saturated carbocycles. The smallest absolute Gasteiger partial charge is 0.270 e. The molecule has 0 aliphatic rings. The zero-order valence-corrected chi connectivity index (χ0v) is 12.6. The molecule has 0 aliphatic carbocycles. The van der Waals surface area contributed by atoms with E-state index in [1.54, 1.807) is 6.07 Å². The summed E-state index contributed by atoms with van der Waals surface area (Å²) < 4.78 is 0.737. The minimum atomic E-state index is -0.406. The number of nitro groups is 1. The minimum Gasteiger partial charge on any atom is -0.395 e. The van der Waals surface area contributed by atoms with Crippen molar-refractivity contribution >= 4 is 21.6 Å². The Morgan fingerprint density at radius 2 is 2.16 bits per heavy atom. The number of aliphatic hydroxyl groups excluding tert-OH is 1. The first-order chi connectivity index (χ1) is 9.08. The van der Waals surface area contributed by atoms with Crippen LogP contribution < -0.4 is 0 Å². The Bertz CT molecular complexity index is 426. The summed E-state index contributed by atoms with van der Waals surface area (Å²) in [4.78, 5) is 12.4. The number of rotatable bonds is 8. The first-order valence-electron chi connectivity index (χ1n) is 6.34. The highest BCUT2D eigenvalue weighted by Crippen LogP contribution is 2.24. The Morgan fingerprint density at radius 1 is 1.42 bits per heavy atom. The molecule has 5 nitrogen and oxygen atoms in total. The quantitative estimate of drug-likeness (QED) is 0.587. The molecule has 0 bridgehead atoms. The topological polar surface area (TPSA) is 66.6 Å². The molecule has 0 fully saturated rings. The van der Waals surface area contributed by atoms with Crippen LogP contribution in [-0.2, 0) is 6.54 Å². The molecule has 6 heteroatoms. The summed E-state index contributed by atoms with van der Waals surface area (Å²) in [6.07, 6.45) is 2.17. The molecule has 1 rings (SSSR count). The molecule has 0 saturated heterocycles. The molecule has 0 amide bonds. The van der Waals surface area contributed by atoms with Crippen LogP contribution in [0.15, 0.2) is 22.7 Å². The maximum absolute atomic E-state index is 10.7. The molecule has 0 heterocycles.